The number of benzene rings is 1. The average Bonchev–Trinajstić information content (AvgIpc) is 3.33. The summed E-state index contributed by atoms with van der Waals surface area (Å²) in [6.07, 6.45) is 1.58. The maximum Gasteiger partial charge on any atom is 0.324 e. The molecule has 0 atom stereocenters. The summed E-state index contributed by atoms with van der Waals surface area (Å²) in [7, 11) is 1.58. The molecule has 1 aliphatic rings. The van der Waals surface area contributed by atoms with Gasteiger partial charge < -0.3 is 15.1 Å². The van der Waals surface area contributed by atoms with Crippen LogP contribution in [0.5, 0.6) is 0 Å². The minimum atomic E-state index is -0.354. The molecule has 8 nitrogen and oxygen atoms in total. The second kappa shape index (κ2) is 8.50. The van der Waals surface area contributed by atoms with Crippen molar-refractivity contribution in [1.82, 2.24) is 20.4 Å². The number of nitrogens with zero attached hydrogens (tertiary/aromatic N) is 2. The maximum absolute atomic E-state index is 12.5. The van der Waals surface area contributed by atoms with Gasteiger partial charge in [0.2, 0.25) is 5.91 Å². The molecule has 0 radical (unpaired) electrons. The van der Waals surface area contributed by atoms with Crippen molar-refractivity contribution in [2.75, 3.05) is 26.7 Å². The summed E-state index contributed by atoms with van der Waals surface area (Å²) in [6, 6.07) is 10.5. The Morgan fingerprint density at radius 3 is 2.59 bits per heavy atom. The van der Waals surface area contributed by atoms with Gasteiger partial charge in [0, 0.05) is 32.2 Å². The number of hydrogen-bond donors (Lipinski definition) is 2. The first-order valence-corrected chi connectivity index (χ1v) is 8.71. The Kier molecular flexibility index (Phi) is 5.87. The molecule has 0 saturated carbocycles. The lowest BCUT2D eigenvalue weighted by atomic mass is 10.1. The molecule has 0 aliphatic carbocycles. The zero-order chi connectivity index (χ0) is 19.2. The molecule has 27 heavy (non-hydrogen) atoms. The Hall–Kier alpha value is -3.13. The van der Waals surface area contributed by atoms with Crippen molar-refractivity contribution in [3.63, 3.8) is 0 Å². The SMILES string of the molecule is CNC(=O)c1ccc(CN(CC(=O)N2CCNC2=O)Cc2ccco2)cc1. The minimum Gasteiger partial charge on any atom is -0.468 e. The van der Waals surface area contributed by atoms with Crippen LogP contribution in [0.1, 0.15) is 21.7 Å². The van der Waals surface area contributed by atoms with Gasteiger partial charge in [0.25, 0.3) is 5.91 Å². The van der Waals surface area contributed by atoms with Crippen molar-refractivity contribution >= 4 is 17.8 Å². The molecule has 2 aromatic rings. The molecule has 2 heterocycles. The highest BCUT2D eigenvalue weighted by molar-refractivity contribution is 5.96. The van der Waals surface area contributed by atoms with Gasteiger partial charge in [0.15, 0.2) is 0 Å². The number of carbonyl (C=O) groups is 3. The van der Waals surface area contributed by atoms with Crippen LogP contribution in [0.4, 0.5) is 4.79 Å². The maximum atomic E-state index is 12.5. The molecule has 1 aromatic carbocycles. The topological polar surface area (TPSA) is 94.9 Å². The van der Waals surface area contributed by atoms with E-state index in [2.05, 4.69) is 10.6 Å². The van der Waals surface area contributed by atoms with Crippen molar-refractivity contribution < 1.29 is 18.8 Å². The molecule has 4 amide bonds. The number of imide groups is 1. The van der Waals surface area contributed by atoms with Crippen molar-refractivity contribution in [3.8, 4) is 0 Å². The Labute approximate surface area is 157 Å². The number of carbonyl (C=O) groups excluding carboxylic acids is 3. The Morgan fingerprint density at radius 1 is 1.22 bits per heavy atom. The summed E-state index contributed by atoms with van der Waals surface area (Å²) in [4.78, 5) is 39.0. The molecule has 1 fully saturated rings. The first-order chi connectivity index (χ1) is 13.1. The summed E-state index contributed by atoms with van der Waals surface area (Å²) in [6.45, 7) is 1.86. The van der Waals surface area contributed by atoms with Gasteiger partial charge in [-0.3, -0.25) is 19.4 Å². The summed E-state index contributed by atoms with van der Waals surface area (Å²) in [5.74, 6) is 0.332. The zero-order valence-corrected chi connectivity index (χ0v) is 15.1. The molecule has 3 rings (SSSR count). The van der Waals surface area contributed by atoms with Gasteiger partial charge in [-0.25, -0.2) is 4.79 Å². The smallest absolute Gasteiger partial charge is 0.324 e. The predicted octanol–water partition coefficient (Wildman–Crippen LogP) is 1.19. The van der Waals surface area contributed by atoms with Gasteiger partial charge in [-0.15, -0.1) is 0 Å². The highest BCUT2D eigenvalue weighted by Crippen LogP contribution is 2.13. The standard InChI is InChI=1S/C19H22N4O4/c1-20-18(25)15-6-4-14(5-7-15)11-22(12-16-3-2-10-27-16)13-17(24)23-9-8-21-19(23)26/h2-7,10H,8-9,11-13H2,1H3,(H,20,25)(H,21,26). The summed E-state index contributed by atoms with van der Waals surface area (Å²) < 4.78 is 5.40. The molecule has 142 valence electrons. The van der Waals surface area contributed by atoms with Gasteiger partial charge in [-0.05, 0) is 29.8 Å². The molecule has 8 heteroatoms. The van der Waals surface area contributed by atoms with E-state index in [9.17, 15) is 14.4 Å². The van der Waals surface area contributed by atoms with E-state index >= 15 is 0 Å². The van der Waals surface area contributed by atoms with Crippen LogP contribution >= 0.6 is 0 Å². The summed E-state index contributed by atoms with van der Waals surface area (Å²) >= 11 is 0. The van der Waals surface area contributed by atoms with E-state index in [0.29, 0.717) is 31.7 Å². The van der Waals surface area contributed by atoms with Crippen LogP contribution in [0.15, 0.2) is 47.1 Å². The van der Waals surface area contributed by atoms with Crippen molar-refractivity contribution in [2.45, 2.75) is 13.1 Å². The van der Waals surface area contributed by atoms with Crippen molar-refractivity contribution in [2.24, 2.45) is 0 Å². The van der Waals surface area contributed by atoms with Crippen molar-refractivity contribution in [1.29, 1.82) is 0 Å². The van der Waals surface area contributed by atoms with Crippen LogP contribution in [0.25, 0.3) is 0 Å². The monoisotopic (exact) mass is 370 g/mol. The third-order valence-corrected chi connectivity index (χ3v) is 4.33. The summed E-state index contributed by atoms with van der Waals surface area (Å²) in [5.41, 5.74) is 1.52. The van der Waals surface area contributed by atoms with E-state index in [0.717, 1.165) is 11.3 Å². The fraction of sp³-hybridized carbons (Fsp3) is 0.316. The van der Waals surface area contributed by atoms with Gasteiger partial charge >= 0.3 is 6.03 Å². The number of amides is 4. The molecular weight excluding hydrogens is 348 g/mol. The first kappa shape index (κ1) is 18.7. The highest BCUT2D eigenvalue weighted by atomic mass is 16.3. The van der Waals surface area contributed by atoms with E-state index in [1.165, 1.54) is 4.90 Å². The van der Waals surface area contributed by atoms with E-state index < -0.39 is 0 Å². The third-order valence-electron chi connectivity index (χ3n) is 4.33. The molecule has 0 spiro atoms. The second-order valence-electron chi connectivity index (χ2n) is 6.28. The predicted molar refractivity (Wildman–Crippen MR) is 97.8 cm³/mol. The van der Waals surface area contributed by atoms with Crippen LogP contribution in [-0.4, -0.2) is 54.3 Å². The molecule has 1 aromatic heterocycles. The van der Waals surface area contributed by atoms with Gasteiger partial charge in [0.1, 0.15) is 5.76 Å². The Bertz CT molecular complexity index is 802. The van der Waals surface area contributed by atoms with E-state index in [-0.39, 0.29) is 24.4 Å². The van der Waals surface area contributed by atoms with Crippen LogP contribution in [0, 0.1) is 0 Å². The summed E-state index contributed by atoms with van der Waals surface area (Å²) in [5, 5.41) is 5.22. The lowest BCUT2D eigenvalue weighted by Gasteiger charge is -2.23. The molecule has 1 saturated heterocycles. The Morgan fingerprint density at radius 2 is 2.00 bits per heavy atom. The van der Waals surface area contributed by atoms with Crippen LogP contribution < -0.4 is 10.6 Å². The normalized spacial score (nSPS) is 13.7. The van der Waals surface area contributed by atoms with Crippen LogP contribution in [0.2, 0.25) is 0 Å². The first-order valence-electron chi connectivity index (χ1n) is 8.71. The molecule has 0 unspecified atom stereocenters. The van der Waals surface area contributed by atoms with Crippen molar-refractivity contribution in [3.05, 3.63) is 59.5 Å². The minimum absolute atomic E-state index is 0.0886. The number of urea groups is 1. The fourth-order valence-corrected chi connectivity index (χ4v) is 2.94. The van der Waals surface area contributed by atoms with Crippen LogP contribution in [-0.2, 0) is 17.9 Å². The van der Waals surface area contributed by atoms with Gasteiger partial charge in [-0.1, -0.05) is 12.1 Å². The highest BCUT2D eigenvalue weighted by Gasteiger charge is 2.27. The van der Waals surface area contributed by atoms with Gasteiger partial charge in [0.05, 0.1) is 19.4 Å². The van der Waals surface area contributed by atoms with E-state index in [1.807, 2.05) is 23.1 Å². The molecule has 0 bridgehead atoms. The molecule has 1 aliphatic heterocycles. The average molecular weight is 370 g/mol. The van der Waals surface area contributed by atoms with E-state index in [1.54, 1.807) is 31.5 Å². The number of furan rings is 1. The number of hydrogen-bond acceptors (Lipinski definition) is 5. The molecule has 2 N–H and O–H groups in total. The largest absolute Gasteiger partial charge is 0.468 e. The van der Waals surface area contributed by atoms with E-state index in [4.69, 9.17) is 4.42 Å². The quantitative estimate of drug-likeness (QED) is 0.764. The number of nitrogens with one attached hydrogen (secondary N) is 2. The van der Waals surface area contributed by atoms with Gasteiger partial charge in [-0.2, -0.15) is 0 Å². The Balaban J connectivity index is 1.70. The lowest BCUT2D eigenvalue weighted by Crippen LogP contribution is -2.41. The third kappa shape index (κ3) is 4.73. The zero-order valence-electron chi connectivity index (χ0n) is 15.1. The fourth-order valence-electron chi connectivity index (χ4n) is 2.94. The number of rotatable bonds is 7. The second-order valence-corrected chi connectivity index (χ2v) is 6.28. The molecular formula is C19H22N4O4. The van der Waals surface area contributed by atoms with Crippen LogP contribution in [0.3, 0.4) is 0 Å². The lowest BCUT2D eigenvalue weighted by molar-refractivity contribution is -0.129.